The molecule has 1 fully saturated rings. The number of nitrogens with zero attached hydrogens (tertiary/aromatic N) is 1. The molecule has 1 aromatic rings. The van der Waals surface area contributed by atoms with E-state index in [2.05, 4.69) is 51.3 Å². The smallest absolute Gasteiger partial charge is 0.0499 e. The first-order valence-corrected chi connectivity index (χ1v) is 7.19. The van der Waals surface area contributed by atoms with Crippen LogP contribution in [0.15, 0.2) is 29.3 Å². The molecular formula is C17H25N. The number of hydrogen-bond acceptors (Lipinski definition) is 1. The average Bonchev–Trinajstić information content (AvgIpc) is 2.37. The van der Waals surface area contributed by atoms with Gasteiger partial charge in [-0.05, 0) is 35.4 Å². The lowest BCUT2D eigenvalue weighted by atomic mass is 9.86. The van der Waals surface area contributed by atoms with Crippen LogP contribution in [0.25, 0.3) is 0 Å². The Morgan fingerprint density at radius 1 is 1.11 bits per heavy atom. The summed E-state index contributed by atoms with van der Waals surface area (Å²) in [6.45, 7) is 6.76. The van der Waals surface area contributed by atoms with Crippen LogP contribution in [0.5, 0.6) is 0 Å². The molecule has 1 aromatic carbocycles. The number of benzene rings is 1. The van der Waals surface area contributed by atoms with Crippen LogP contribution >= 0.6 is 0 Å². The average molecular weight is 243 g/mol. The van der Waals surface area contributed by atoms with Gasteiger partial charge in [0.05, 0.1) is 0 Å². The summed E-state index contributed by atoms with van der Waals surface area (Å²) in [5, 5.41) is 0. The summed E-state index contributed by atoms with van der Waals surface area (Å²) in [5.41, 5.74) is 2.84. The fraction of sp³-hybridized carbons (Fsp3) is 0.588. The van der Waals surface area contributed by atoms with Crippen molar-refractivity contribution in [3.05, 3.63) is 35.4 Å². The van der Waals surface area contributed by atoms with E-state index >= 15 is 0 Å². The Balaban J connectivity index is 2.07. The Labute approximate surface area is 111 Å². The van der Waals surface area contributed by atoms with Crippen molar-refractivity contribution in [2.75, 3.05) is 0 Å². The van der Waals surface area contributed by atoms with E-state index in [-0.39, 0.29) is 5.41 Å². The molecule has 18 heavy (non-hydrogen) atoms. The Bertz CT molecular complexity index is 406. The normalized spacial score (nSPS) is 18.4. The van der Waals surface area contributed by atoms with E-state index in [0.29, 0.717) is 6.04 Å². The van der Waals surface area contributed by atoms with E-state index in [1.807, 2.05) is 0 Å². The quantitative estimate of drug-likeness (QED) is 0.665. The molecule has 1 saturated carbocycles. The number of hydrogen-bond donors (Lipinski definition) is 0. The number of aliphatic imine (C=N–C) groups is 1. The minimum atomic E-state index is 0.217. The zero-order valence-corrected chi connectivity index (χ0v) is 11.9. The van der Waals surface area contributed by atoms with Crippen LogP contribution in [0.2, 0.25) is 0 Å². The molecule has 2 rings (SSSR count). The zero-order valence-electron chi connectivity index (χ0n) is 11.9. The van der Waals surface area contributed by atoms with Crippen LogP contribution in [-0.4, -0.2) is 12.3 Å². The van der Waals surface area contributed by atoms with E-state index in [9.17, 15) is 0 Å². The first kappa shape index (κ1) is 13.3. The SMILES string of the molecule is CC(C)(C)c1cccc(C=NC2CCCCC2)c1. The summed E-state index contributed by atoms with van der Waals surface area (Å²) in [4.78, 5) is 4.75. The molecule has 0 N–H and O–H groups in total. The summed E-state index contributed by atoms with van der Waals surface area (Å²) in [7, 11) is 0. The second kappa shape index (κ2) is 5.69. The minimum absolute atomic E-state index is 0.217. The molecule has 0 unspecified atom stereocenters. The Hall–Kier alpha value is -1.11. The highest BCUT2D eigenvalue weighted by Crippen LogP contribution is 2.23. The second-order valence-corrected chi connectivity index (χ2v) is 6.45. The molecular weight excluding hydrogens is 218 g/mol. The Kier molecular flexibility index (Phi) is 4.21. The minimum Gasteiger partial charge on any atom is -0.289 e. The molecule has 0 amide bonds. The van der Waals surface area contributed by atoms with Crippen molar-refractivity contribution in [1.82, 2.24) is 0 Å². The zero-order chi connectivity index (χ0) is 13.0. The summed E-state index contributed by atoms with van der Waals surface area (Å²) in [5.74, 6) is 0. The van der Waals surface area contributed by atoms with Crippen molar-refractivity contribution in [1.29, 1.82) is 0 Å². The van der Waals surface area contributed by atoms with Gasteiger partial charge in [-0.3, -0.25) is 4.99 Å². The van der Waals surface area contributed by atoms with Crippen molar-refractivity contribution in [3.8, 4) is 0 Å². The van der Waals surface area contributed by atoms with Crippen molar-refractivity contribution >= 4 is 6.21 Å². The van der Waals surface area contributed by atoms with Gasteiger partial charge < -0.3 is 0 Å². The van der Waals surface area contributed by atoms with Crippen LogP contribution in [0.1, 0.15) is 64.0 Å². The highest BCUT2D eigenvalue weighted by Gasteiger charge is 2.13. The van der Waals surface area contributed by atoms with E-state index in [1.165, 1.54) is 43.2 Å². The fourth-order valence-corrected chi connectivity index (χ4v) is 2.51. The molecule has 0 spiro atoms. The van der Waals surface area contributed by atoms with Gasteiger partial charge in [-0.2, -0.15) is 0 Å². The van der Waals surface area contributed by atoms with Crippen molar-refractivity contribution in [3.63, 3.8) is 0 Å². The molecule has 1 aliphatic carbocycles. The molecule has 0 bridgehead atoms. The summed E-state index contributed by atoms with van der Waals surface area (Å²) >= 11 is 0. The second-order valence-electron chi connectivity index (χ2n) is 6.45. The van der Waals surface area contributed by atoms with Gasteiger partial charge in [-0.15, -0.1) is 0 Å². The topological polar surface area (TPSA) is 12.4 Å². The van der Waals surface area contributed by atoms with E-state index < -0.39 is 0 Å². The lowest BCUT2D eigenvalue weighted by Gasteiger charge is -2.19. The van der Waals surface area contributed by atoms with Gasteiger partial charge in [0.1, 0.15) is 0 Å². The molecule has 0 aromatic heterocycles. The lowest BCUT2D eigenvalue weighted by molar-refractivity contribution is 0.444. The van der Waals surface area contributed by atoms with E-state index in [0.717, 1.165) is 0 Å². The van der Waals surface area contributed by atoms with Crippen LogP contribution in [0.4, 0.5) is 0 Å². The molecule has 0 heterocycles. The maximum atomic E-state index is 4.75. The predicted molar refractivity (Wildman–Crippen MR) is 79.6 cm³/mol. The van der Waals surface area contributed by atoms with Gasteiger partial charge in [-0.25, -0.2) is 0 Å². The fourth-order valence-electron chi connectivity index (χ4n) is 2.51. The Morgan fingerprint density at radius 3 is 2.50 bits per heavy atom. The summed E-state index contributed by atoms with van der Waals surface area (Å²) in [6.07, 6.45) is 8.72. The predicted octanol–water partition coefficient (Wildman–Crippen LogP) is 4.74. The van der Waals surface area contributed by atoms with Crippen LogP contribution in [-0.2, 0) is 5.41 Å². The standard InChI is InChI=1S/C17H25N/c1-17(2,3)15-9-7-8-14(12-15)13-18-16-10-5-4-6-11-16/h7-9,12-13,16H,4-6,10-11H2,1-3H3. The van der Waals surface area contributed by atoms with Crippen LogP contribution in [0, 0.1) is 0 Å². The van der Waals surface area contributed by atoms with Gasteiger partial charge in [0, 0.05) is 12.3 Å². The molecule has 1 aliphatic rings. The third-order valence-corrected chi connectivity index (χ3v) is 3.76. The molecule has 1 nitrogen and oxygen atoms in total. The van der Waals surface area contributed by atoms with Gasteiger partial charge >= 0.3 is 0 Å². The van der Waals surface area contributed by atoms with Crippen molar-refractivity contribution in [2.45, 2.75) is 64.3 Å². The molecule has 98 valence electrons. The van der Waals surface area contributed by atoms with Gasteiger partial charge in [0.15, 0.2) is 0 Å². The summed E-state index contributed by atoms with van der Waals surface area (Å²) < 4.78 is 0. The maximum absolute atomic E-state index is 4.75. The van der Waals surface area contributed by atoms with Crippen LogP contribution < -0.4 is 0 Å². The Morgan fingerprint density at radius 2 is 1.83 bits per heavy atom. The molecule has 0 atom stereocenters. The van der Waals surface area contributed by atoms with Crippen molar-refractivity contribution in [2.24, 2.45) is 4.99 Å². The van der Waals surface area contributed by atoms with Crippen LogP contribution in [0.3, 0.4) is 0 Å². The first-order valence-electron chi connectivity index (χ1n) is 7.19. The molecule has 0 radical (unpaired) electrons. The molecule has 1 heteroatoms. The monoisotopic (exact) mass is 243 g/mol. The van der Waals surface area contributed by atoms with Gasteiger partial charge in [0.25, 0.3) is 0 Å². The largest absolute Gasteiger partial charge is 0.289 e. The lowest BCUT2D eigenvalue weighted by Crippen LogP contribution is -2.12. The number of rotatable bonds is 2. The summed E-state index contributed by atoms with van der Waals surface area (Å²) in [6, 6.07) is 9.34. The molecule has 0 aliphatic heterocycles. The third kappa shape index (κ3) is 3.69. The molecule has 0 saturated heterocycles. The van der Waals surface area contributed by atoms with E-state index in [1.54, 1.807) is 0 Å². The third-order valence-electron chi connectivity index (χ3n) is 3.76. The highest BCUT2D eigenvalue weighted by molar-refractivity contribution is 5.80. The van der Waals surface area contributed by atoms with E-state index in [4.69, 9.17) is 4.99 Å². The maximum Gasteiger partial charge on any atom is 0.0499 e. The highest BCUT2D eigenvalue weighted by atomic mass is 14.8. The first-order chi connectivity index (χ1) is 8.55. The van der Waals surface area contributed by atoms with Gasteiger partial charge in [0.2, 0.25) is 0 Å². The van der Waals surface area contributed by atoms with Crippen molar-refractivity contribution < 1.29 is 0 Å². The van der Waals surface area contributed by atoms with Gasteiger partial charge in [-0.1, -0.05) is 58.2 Å².